The van der Waals surface area contributed by atoms with Gasteiger partial charge in [0, 0.05) is 12.7 Å². The predicted molar refractivity (Wildman–Crippen MR) is 76.4 cm³/mol. The van der Waals surface area contributed by atoms with Crippen LogP contribution in [0.4, 0.5) is 9.52 Å². The third-order valence-corrected chi connectivity index (χ3v) is 3.52. The van der Waals surface area contributed by atoms with Crippen LogP contribution in [0.15, 0.2) is 24.4 Å². The first-order valence-corrected chi connectivity index (χ1v) is 7.08. The molecule has 5 heteroatoms. The van der Waals surface area contributed by atoms with Gasteiger partial charge in [0.05, 0.1) is 4.88 Å². The molecule has 3 nitrogen and oxygen atoms in total. The molecule has 2 aromatic rings. The summed E-state index contributed by atoms with van der Waals surface area (Å²) in [6.07, 6.45) is 2.88. The number of thiazole rings is 1. The lowest BCUT2D eigenvalue weighted by Gasteiger charge is -2.07. The molecule has 1 aromatic heterocycles. The highest BCUT2D eigenvalue weighted by atomic mass is 32.1. The quantitative estimate of drug-likeness (QED) is 0.868. The van der Waals surface area contributed by atoms with E-state index in [1.165, 1.54) is 12.1 Å². The summed E-state index contributed by atoms with van der Waals surface area (Å²) in [7, 11) is 0. The number of aromatic nitrogens is 1. The average Bonchev–Trinajstić information content (AvgIpc) is 2.83. The number of aryl methyl sites for hydroxylation is 1. The Labute approximate surface area is 116 Å². The van der Waals surface area contributed by atoms with Crippen molar-refractivity contribution >= 4 is 16.5 Å². The molecule has 0 radical (unpaired) electrons. The summed E-state index contributed by atoms with van der Waals surface area (Å²) in [6, 6.07) is 4.53. The van der Waals surface area contributed by atoms with Gasteiger partial charge < -0.3 is 10.1 Å². The topological polar surface area (TPSA) is 34.2 Å². The highest BCUT2D eigenvalue weighted by Crippen LogP contribution is 2.23. The molecule has 0 fully saturated rings. The van der Waals surface area contributed by atoms with Crippen LogP contribution < -0.4 is 10.1 Å². The molecule has 0 atom stereocenters. The van der Waals surface area contributed by atoms with Crippen LogP contribution in [0.25, 0.3) is 0 Å². The summed E-state index contributed by atoms with van der Waals surface area (Å²) >= 11 is 1.58. The Balaban J connectivity index is 1.92. The molecule has 0 unspecified atom stereocenters. The van der Waals surface area contributed by atoms with Crippen molar-refractivity contribution in [1.29, 1.82) is 0 Å². The number of nitrogens with zero attached hydrogens (tertiary/aromatic N) is 1. The van der Waals surface area contributed by atoms with Crippen LogP contribution in [0.1, 0.15) is 23.8 Å². The molecule has 0 saturated heterocycles. The first-order valence-electron chi connectivity index (χ1n) is 6.26. The van der Waals surface area contributed by atoms with Gasteiger partial charge in [-0.15, -0.1) is 0 Å². The lowest BCUT2D eigenvalue weighted by Crippen LogP contribution is -1.98. The summed E-state index contributed by atoms with van der Waals surface area (Å²) < 4.78 is 18.6. The maximum atomic E-state index is 13.0. The van der Waals surface area contributed by atoms with Gasteiger partial charge in [-0.25, -0.2) is 9.37 Å². The van der Waals surface area contributed by atoms with Crippen LogP contribution in [-0.2, 0) is 6.61 Å². The molecular weight excluding hydrogens is 263 g/mol. The third kappa shape index (κ3) is 3.92. The fraction of sp³-hybridized carbons (Fsp3) is 0.357. The summed E-state index contributed by atoms with van der Waals surface area (Å²) in [6.45, 7) is 5.32. The fourth-order valence-electron chi connectivity index (χ4n) is 1.61. The first-order chi connectivity index (χ1) is 9.19. The molecule has 19 heavy (non-hydrogen) atoms. The van der Waals surface area contributed by atoms with Crippen molar-refractivity contribution in [2.45, 2.75) is 26.9 Å². The lowest BCUT2D eigenvalue weighted by molar-refractivity contribution is 0.307. The van der Waals surface area contributed by atoms with E-state index in [0.717, 1.165) is 28.5 Å². The number of benzene rings is 1. The number of halogens is 1. The summed E-state index contributed by atoms with van der Waals surface area (Å²) in [4.78, 5) is 5.31. The monoisotopic (exact) mass is 280 g/mol. The average molecular weight is 280 g/mol. The van der Waals surface area contributed by atoms with Crippen LogP contribution in [0.3, 0.4) is 0 Å². The third-order valence-electron chi connectivity index (χ3n) is 2.59. The van der Waals surface area contributed by atoms with Crippen molar-refractivity contribution in [3.05, 3.63) is 40.7 Å². The molecule has 0 amide bonds. The summed E-state index contributed by atoms with van der Waals surface area (Å²) in [5, 5.41) is 4.15. The van der Waals surface area contributed by atoms with E-state index in [4.69, 9.17) is 4.74 Å². The molecule has 1 heterocycles. The van der Waals surface area contributed by atoms with E-state index >= 15 is 0 Å². The standard InChI is InChI=1S/C14H17FN2OS/c1-3-6-16-14-17-8-12(19-14)9-18-13-5-4-11(15)7-10(13)2/h4-5,7-8H,3,6,9H2,1-2H3,(H,16,17). The number of hydrogen-bond acceptors (Lipinski definition) is 4. The van der Waals surface area contributed by atoms with Gasteiger partial charge >= 0.3 is 0 Å². The van der Waals surface area contributed by atoms with Gasteiger partial charge in [0.15, 0.2) is 5.13 Å². The SMILES string of the molecule is CCCNc1ncc(COc2ccc(F)cc2C)s1. The molecule has 0 aliphatic rings. The number of ether oxygens (including phenoxy) is 1. The van der Waals surface area contributed by atoms with E-state index in [2.05, 4.69) is 17.2 Å². The van der Waals surface area contributed by atoms with E-state index in [1.54, 1.807) is 17.4 Å². The maximum Gasteiger partial charge on any atom is 0.182 e. The van der Waals surface area contributed by atoms with Gasteiger partial charge in [-0.2, -0.15) is 0 Å². The van der Waals surface area contributed by atoms with Gasteiger partial charge in [-0.1, -0.05) is 18.3 Å². The maximum absolute atomic E-state index is 13.0. The molecule has 102 valence electrons. The number of hydrogen-bond donors (Lipinski definition) is 1. The smallest absolute Gasteiger partial charge is 0.182 e. The molecular formula is C14H17FN2OS. The fourth-order valence-corrected chi connectivity index (χ4v) is 2.36. The van der Waals surface area contributed by atoms with Crippen molar-refractivity contribution in [2.24, 2.45) is 0 Å². The van der Waals surface area contributed by atoms with Crippen LogP contribution in [0.2, 0.25) is 0 Å². The molecule has 2 rings (SSSR count). The minimum absolute atomic E-state index is 0.242. The van der Waals surface area contributed by atoms with Crippen LogP contribution in [0, 0.1) is 12.7 Å². The molecule has 1 aromatic carbocycles. The Bertz CT molecular complexity index is 542. The molecule has 0 saturated carbocycles. The van der Waals surface area contributed by atoms with E-state index < -0.39 is 0 Å². The zero-order valence-electron chi connectivity index (χ0n) is 11.1. The van der Waals surface area contributed by atoms with Crippen molar-refractivity contribution in [3.63, 3.8) is 0 Å². The largest absolute Gasteiger partial charge is 0.488 e. The number of rotatable bonds is 6. The Morgan fingerprint density at radius 1 is 1.42 bits per heavy atom. The summed E-state index contributed by atoms with van der Waals surface area (Å²) in [5.74, 6) is 0.464. The van der Waals surface area contributed by atoms with Gasteiger partial charge in [-0.05, 0) is 37.1 Å². The normalized spacial score (nSPS) is 10.5. The second kappa shape index (κ2) is 6.52. The Morgan fingerprint density at radius 2 is 2.26 bits per heavy atom. The zero-order chi connectivity index (χ0) is 13.7. The molecule has 0 bridgehead atoms. The molecule has 1 N–H and O–H groups in total. The highest BCUT2D eigenvalue weighted by Gasteiger charge is 2.04. The van der Waals surface area contributed by atoms with E-state index in [9.17, 15) is 4.39 Å². The van der Waals surface area contributed by atoms with Crippen molar-refractivity contribution in [3.8, 4) is 5.75 Å². The zero-order valence-corrected chi connectivity index (χ0v) is 11.9. The lowest BCUT2D eigenvalue weighted by atomic mass is 10.2. The van der Waals surface area contributed by atoms with E-state index in [-0.39, 0.29) is 5.82 Å². The Hall–Kier alpha value is -1.62. The van der Waals surface area contributed by atoms with Gasteiger partial charge in [0.25, 0.3) is 0 Å². The minimum atomic E-state index is -0.242. The van der Waals surface area contributed by atoms with Crippen LogP contribution >= 0.6 is 11.3 Å². The number of nitrogens with one attached hydrogen (secondary N) is 1. The van der Waals surface area contributed by atoms with Gasteiger partial charge in [-0.3, -0.25) is 0 Å². The first kappa shape index (κ1) is 13.8. The molecule has 0 aliphatic heterocycles. The van der Waals surface area contributed by atoms with Crippen LogP contribution in [0.5, 0.6) is 5.75 Å². The van der Waals surface area contributed by atoms with Crippen molar-refractivity contribution in [1.82, 2.24) is 4.98 Å². The van der Waals surface area contributed by atoms with E-state index in [0.29, 0.717) is 12.4 Å². The summed E-state index contributed by atoms with van der Waals surface area (Å²) in [5.41, 5.74) is 0.800. The second-order valence-corrected chi connectivity index (χ2v) is 5.37. The minimum Gasteiger partial charge on any atom is -0.488 e. The molecule has 0 spiro atoms. The van der Waals surface area contributed by atoms with E-state index in [1.807, 2.05) is 13.1 Å². The predicted octanol–water partition coefficient (Wildman–Crippen LogP) is 3.99. The van der Waals surface area contributed by atoms with Gasteiger partial charge in [0.2, 0.25) is 0 Å². The van der Waals surface area contributed by atoms with Crippen molar-refractivity contribution in [2.75, 3.05) is 11.9 Å². The second-order valence-electron chi connectivity index (χ2n) is 4.26. The molecule has 0 aliphatic carbocycles. The highest BCUT2D eigenvalue weighted by molar-refractivity contribution is 7.15. The number of anilines is 1. The van der Waals surface area contributed by atoms with Crippen molar-refractivity contribution < 1.29 is 9.13 Å². The Kier molecular flexibility index (Phi) is 4.74. The van der Waals surface area contributed by atoms with Crippen LogP contribution in [-0.4, -0.2) is 11.5 Å². The Morgan fingerprint density at radius 3 is 3.00 bits per heavy atom. The van der Waals surface area contributed by atoms with Gasteiger partial charge in [0.1, 0.15) is 18.2 Å².